The minimum atomic E-state index is -5.84. The van der Waals surface area contributed by atoms with Gasteiger partial charge in [0.1, 0.15) is 0 Å². The Morgan fingerprint density at radius 2 is 1.39 bits per heavy atom. The van der Waals surface area contributed by atoms with E-state index >= 15 is 0 Å². The van der Waals surface area contributed by atoms with Gasteiger partial charge in [0, 0.05) is 0 Å². The molecule has 0 heterocycles. The number of benzene rings is 2. The first kappa shape index (κ1) is 22.6. The van der Waals surface area contributed by atoms with E-state index in [9.17, 15) is 21.6 Å². The Balaban J connectivity index is 2.74. The van der Waals surface area contributed by atoms with Crippen molar-refractivity contribution in [3.63, 3.8) is 0 Å². The molecule has 0 saturated heterocycles. The molecule has 0 atom stereocenters. The molecule has 2 aromatic carbocycles. The number of alkyl halides is 3. The van der Waals surface area contributed by atoms with Gasteiger partial charge in [-0.3, -0.25) is 0 Å². The van der Waals surface area contributed by atoms with Crippen LogP contribution in [0.25, 0.3) is 0 Å². The van der Waals surface area contributed by atoms with E-state index in [1.54, 1.807) is 19.1 Å². The third kappa shape index (κ3) is 4.81. The molecular weight excluding hydrogens is 516 g/mol. The summed E-state index contributed by atoms with van der Waals surface area (Å²) in [7, 11) is -1.83. The summed E-state index contributed by atoms with van der Waals surface area (Å²) < 4.78 is 83.5. The predicted octanol–water partition coefficient (Wildman–Crippen LogP) is 4.35. The van der Waals surface area contributed by atoms with Crippen molar-refractivity contribution in [2.75, 3.05) is 21.3 Å². The molecule has 0 aliphatic heterocycles. The SMILES string of the molecule is COc1cc(OC)c(I(OS(=O)(=O)C(F)(F)F)c2ccc(C)cc2)c(OC)c1. The maximum atomic E-state index is 13.0. The van der Waals surface area contributed by atoms with Crippen molar-refractivity contribution in [2.24, 2.45) is 0 Å². The van der Waals surface area contributed by atoms with E-state index in [2.05, 4.69) is 0 Å². The fraction of sp³-hybridized carbons (Fsp3) is 0.294. The predicted molar refractivity (Wildman–Crippen MR) is 105 cm³/mol. The van der Waals surface area contributed by atoms with Gasteiger partial charge in [-0.15, -0.1) is 0 Å². The average molecular weight is 534 g/mol. The van der Waals surface area contributed by atoms with E-state index in [4.69, 9.17) is 16.7 Å². The Kier molecular flexibility index (Phi) is 7.04. The Morgan fingerprint density at radius 1 is 0.893 bits per heavy atom. The number of methoxy groups -OCH3 is 3. The van der Waals surface area contributed by atoms with Gasteiger partial charge in [0.15, 0.2) is 0 Å². The number of ether oxygens (including phenoxy) is 3. The molecule has 0 aliphatic rings. The van der Waals surface area contributed by atoms with Gasteiger partial charge in [-0.05, 0) is 0 Å². The van der Waals surface area contributed by atoms with Crippen LogP contribution in [-0.4, -0.2) is 35.3 Å². The molecule has 11 heteroatoms. The first-order valence-corrected chi connectivity index (χ1v) is 12.1. The molecule has 0 radical (unpaired) electrons. The van der Waals surface area contributed by atoms with Crippen molar-refractivity contribution >= 4 is 30.4 Å². The van der Waals surface area contributed by atoms with Crippen molar-refractivity contribution in [2.45, 2.75) is 12.4 Å². The van der Waals surface area contributed by atoms with Crippen molar-refractivity contribution in [1.29, 1.82) is 0 Å². The van der Waals surface area contributed by atoms with Gasteiger partial charge in [-0.1, -0.05) is 0 Å². The van der Waals surface area contributed by atoms with E-state index in [0.29, 0.717) is 9.32 Å². The Hall–Kier alpha value is -1.73. The van der Waals surface area contributed by atoms with E-state index < -0.39 is 35.9 Å². The topological polar surface area (TPSA) is 71.1 Å². The molecule has 156 valence electrons. The molecule has 0 saturated carbocycles. The van der Waals surface area contributed by atoms with Crippen LogP contribution >= 0.6 is 20.2 Å². The zero-order chi connectivity index (χ0) is 21.1. The van der Waals surface area contributed by atoms with Crippen LogP contribution in [0.4, 0.5) is 13.2 Å². The summed E-state index contributed by atoms with van der Waals surface area (Å²) in [5.74, 6) is 0.551. The fourth-order valence-corrected chi connectivity index (χ4v) is 9.00. The third-order valence-corrected chi connectivity index (χ3v) is 10.7. The average Bonchev–Trinajstić information content (AvgIpc) is 2.65. The molecule has 0 bridgehead atoms. The molecule has 28 heavy (non-hydrogen) atoms. The summed E-state index contributed by atoms with van der Waals surface area (Å²) >= 11 is -3.68. The Morgan fingerprint density at radius 3 is 1.79 bits per heavy atom. The van der Waals surface area contributed by atoms with E-state index in [1.807, 2.05) is 0 Å². The molecule has 0 aromatic heterocycles. The first-order chi connectivity index (χ1) is 13.0. The van der Waals surface area contributed by atoms with Gasteiger partial charge < -0.3 is 0 Å². The van der Waals surface area contributed by atoms with Crippen molar-refractivity contribution in [1.82, 2.24) is 0 Å². The van der Waals surface area contributed by atoms with Crippen LogP contribution in [0.2, 0.25) is 0 Å². The summed E-state index contributed by atoms with van der Waals surface area (Å²) in [5.41, 5.74) is -4.70. The van der Waals surface area contributed by atoms with Crippen LogP contribution in [0.15, 0.2) is 36.4 Å². The summed E-state index contributed by atoms with van der Waals surface area (Å²) in [4.78, 5) is 0. The van der Waals surface area contributed by atoms with Crippen LogP contribution in [0.5, 0.6) is 17.2 Å². The number of halogens is 4. The van der Waals surface area contributed by atoms with Gasteiger partial charge in [0.2, 0.25) is 0 Å². The standard InChI is InChI=1S/C17H18F3IO6S/c1-11-5-7-12(8-6-11)21(27-28(22,23)17(18,19)20)16-14(25-3)9-13(24-2)10-15(16)26-4/h5-10H,1-4H3. The molecule has 6 nitrogen and oxygen atoms in total. The second kappa shape index (κ2) is 8.74. The second-order valence-electron chi connectivity index (χ2n) is 5.35. The zero-order valence-electron chi connectivity index (χ0n) is 15.3. The molecule has 0 spiro atoms. The second-order valence-corrected chi connectivity index (χ2v) is 11.7. The number of hydrogen-bond acceptors (Lipinski definition) is 6. The third-order valence-electron chi connectivity index (χ3n) is 3.47. The molecule has 2 rings (SSSR count). The van der Waals surface area contributed by atoms with E-state index in [0.717, 1.165) is 5.56 Å². The van der Waals surface area contributed by atoms with Crippen molar-refractivity contribution in [3.05, 3.63) is 49.1 Å². The van der Waals surface area contributed by atoms with Crippen LogP contribution in [0.1, 0.15) is 5.56 Å². The summed E-state index contributed by atoms with van der Waals surface area (Å²) in [6.07, 6.45) is 0. The maximum absolute atomic E-state index is 13.0. The van der Waals surface area contributed by atoms with Gasteiger partial charge in [-0.2, -0.15) is 0 Å². The van der Waals surface area contributed by atoms with Crippen molar-refractivity contribution in [3.8, 4) is 17.2 Å². The monoisotopic (exact) mass is 534 g/mol. The zero-order valence-corrected chi connectivity index (χ0v) is 18.3. The molecule has 0 N–H and O–H groups in total. The van der Waals surface area contributed by atoms with Crippen LogP contribution < -0.4 is 14.2 Å². The van der Waals surface area contributed by atoms with E-state index in [1.165, 1.54) is 45.6 Å². The number of rotatable bonds is 7. The summed E-state index contributed by atoms with van der Waals surface area (Å²) in [6, 6.07) is 9.25. The molecule has 0 fully saturated rings. The molecule has 0 amide bonds. The summed E-state index contributed by atoms with van der Waals surface area (Å²) in [5, 5.41) is 0. The van der Waals surface area contributed by atoms with Crippen LogP contribution in [0, 0.1) is 14.1 Å². The van der Waals surface area contributed by atoms with Crippen LogP contribution in [0.3, 0.4) is 0 Å². The normalized spacial score (nSPS) is 12.5. The van der Waals surface area contributed by atoms with E-state index in [-0.39, 0.29) is 15.1 Å². The van der Waals surface area contributed by atoms with Crippen molar-refractivity contribution < 1.29 is 38.3 Å². The molecule has 0 aliphatic carbocycles. The first-order valence-electron chi connectivity index (χ1n) is 7.62. The Labute approximate surface area is 168 Å². The molecular formula is C17H18F3IO6S. The summed E-state index contributed by atoms with van der Waals surface area (Å²) in [6.45, 7) is 1.80. The molecule has 0 unspecified atom stereocenters. The molecule has 2 aromatic rings. The van der Waals surface area contributed by atoms with Gasteiger partial charge in [0.25, 0.3) is 0 Å². The number of aryl methyl sites for hydroxylation is 1. The minimum absolute atomic E-state index is 0.111. The van der Waals surface area contributed by atoms with Gasteiger partial charge in [0.05, 0.1) is 0 Å². The van der Waals surface area contributed by atoms with Gasteiger partial charge in [-0.25, -0.2) is 0 Å². The number of hydrogen-bond donors (Lipinski definition) is 0. The quantitative estimate of drug-likeness (QED) is 0.389. The fourth-order valence-electron chi connectivity index (χ4n) is 2.08. The van der Waals surface area contributed by atoms with Crippen LogP contribution in [-0.2, 0) is 12.6 Å². The van der Waals surface area contributed by atoms with Gasteiger partial charge >= 0.3 is 169 Å². The Bertz CT molecular complexity index is 904.